The Kier molecular flexibility index (Phi) is 6.23. The molecule has 0 bridgehead atoms. The number of para-hydroxylation sites is 1. The van der Waals surface area contributed by atoms with Crippen molar-refractivity contribution in [3.63, 3.8) is 0 Å². The zero-order chi connectivity index (χ0) is 24.3. The first-order valence-corrected chi connectivity index (χ1v) is 11.5. The van der Waals surface area contributed by atoms with Gasteiger partial charge in [0.1, 0.15) is 6.54 Å². The number of anilines is 1. The van der Waals surface area contributed by atoms with Gasteiger partial charge in [-0.1, -0.05) is 42.5 Å². The number of rotatable bonds is 7. The molecule has 0 radical (unpaired) electrons. The molecule has 0 aliphatic carbocycles. The Bertz CT molecular complexity index is 1480. The largest absolute Gasteiger partial charge is 0.468 e. The fraction of sp³-hybridized carbons (Fsp3) is 0.136. The lowest BCUT2D eigenvalue weighted by Crippen LogP contribution is -2.31. The van der Waals surface area contributed by atoms with Gasteiger partial charge in [0.15, 0.2) is 0 Å². The quantitative estimate of drug-likeness (QED) is 0.381. The highest BCUT2D eigenvalue weighted by Gasteiger charge is 2.25. The SMILES string of the molecule is COC(=O)CNC(=O)c1ccccc1NS(=O)(=O)c1nc2nc(C)cc(-c3ccccc3)n2n1. The number of benzene rings is 2. The first-order valence-electron chi connectivity index (χ1n) is 10.0. The number of carbonyl (C=O) groups excluding carboxylic acids is 2. The molecule has 2 aromatic carbocycles. The summed E-state index contributed by atoms with van der Waals surface area (Å²) < 4.78 is 34.4. The van der Waals surface area contributed by atoms with Crippen LogP contribution in [0.1, 0.15) is 16.1 Å². The number of aryl methyl sites for hydroxylation is 1. The number of carbonyl (C=O) groups is 2. The summed E-state index contributed by atoms with van der Waals surface area (Å²) >= 11 is 0. The average molecular weight is 481 g/mol. The second-order valence-electron chi connectivity index (χ2n) is 7.16. The molecule has 12 heteroatoms. The molecule has 4 aromatic rings. The van der Waals surface area contributed by atoms with E-state index in [1.54, 1.807) is 25.1 Å². The van der Waals surface area contributed by atoms with E-state index in [9.17, 15) is 18.0 Å². The molecule has 0 saturated heterocycles. The molecule has 0 saturated carbocycles. The highest BCUT2D eigenvalue weighted by molar-refractivity contribution is 7.92. The lowest BCUT2D eigenvalue weighted by atomic mass is 10.1. The zero-order valence-corrected chi connectivity index (χ0v) is 19.0. The van der Waals surface area contributed by atoms with Gasteiger partial charge in [-0.25, -0.2) is 4.98 Å². The standard InChI is InChI=1S/C22H20N6O5S/c1-14-12-18(15-8-4-3-5-9-15)28-21(24-14)25-22(26-28)34(31,32)27-17-11-7-6-10-16(17)20(30)23-13-19(29)33-2/h3-12,27H,13H2,1-2H3,(H,23,30). The number of hydrogen-bond acceptors (Lipinski definition) is 8. The number of nitrogens with zero attached hydrogens (tertiary/aromatic N) is 4. The van der Waals surface area contributed by atoms with Gasteiger partial charge in [-0.05, 0) is 25.1 Å². The molecule has 174 valence electrons. The molecule has 0 atom stereocenters. The van der Waals surface area contributed by atoms with E-state index in [0.29, 0.717) is 11.4 Å². The van der Waals surface area contributed by atoms with E-state index in [0.717, 1.165) is 5.56 Å². The van der Waals surface area contributed by atoms with Crippen molar-refractivity contribution in [3.05, 3.63) is 71.9 Å². The van der Waals surface area contributed by atoms with Crippen LogP contribution in [0.3, 0.4) is 0 Å². The molecule has 1 amide bonds. The number of hydrogen-bond donors (Lipinski definition) is 2. The van der Waals surface area contributed by atoms with Crippen LogP contribution in [0.5, 0.6) is 0 Å². The summed E-state index contributed by atoms with van der Waals surface area (Å²) in [5, 5.41) is 6.04. The Labute approximate surface area is 194 Å². The number of sulfonamides is 1. The van der Waals surface area contributed by atoms with Gasteiger partial charge in [-0.15, -0.1) is 5.10 Å². The summed E-state index contributed by atoms with van der Waals surface area (Å²) in [5.74, 6) is -1.18. The number of amides is 1. The number of fused-ring (bicyclic) bond motifs is 1. The highest BCUT2D eigenvalue weighted by Crippen LogP contribution is 2.23. The van der Waals surface area contributed by atoms with Crippen LogP contribution < -0.4 is 10.0 Å². The molecule has 0 aliphatic heterocycles. The van der Waals surface area contributed by atoms with Crippen LogP contribution >= 0.6 is 0 Å². The minimum Gasteiger partial charge on any atom is -0.468 e. The van der Waals surface area contributed by atoms with Crippen molar-refractivity contribution < 1.29 is 22.7 Å². The maximum Gasteiger partial charge on any atom is 0.325 e. The third-order valence-corrected chi connectivity index (χ3v) is 5.91. The van der Waals surface area contributed by atoms with Crippen molar-refractivity contribution in [2.75, 3.05) is 18.4 Å². The molecule has 0 unspecified atom stereocenters. The Morgan fingerprint density at radius 3 is 2.47 bits per heavy atom. The number of aromatic nitrogens is 4. The van der Waals surface area contributed by atoms with Crippen molar-refractivity contribution in [1.29, 1.82) is 0 Å². The normalized spacial score (nSPS) is 11.2. The van der Waals surface area contributed by atoms with Crippen LogP contribution in [0, 0.1) is 6.92 Å². The van der Waals surface area contributed by atoms with Crippen LogP contribution in [0.4, 0.5) is 5.69 Å². The van der Waals surface area contributed by atoms with E-state index in [4.69, 9.17) is 0 Å². The van der Waals surface area contributed by atoms with E-state index in [-0.39, 0.29) is 23.6 Å². The smallest absolute Gasteiger partial charge is 0.325 e. The summed E-state index contributed by atoms with van der Waals surface area (Å²) in [4.78, 5) is 32.2. The molecule has 2 N–H and O–H groups in total. The maximum absolute atomic E-state index is 13.1. The van der Waals surface area contributed by atoms with Crippen molar-refractivity contribution in [1.82, 2.24) is 24.9 Å². The number of esters is 1. The lowest BCUT2D eigenvalue weighted by Gasteiger charge is -2.11. The fourth-order valence-corrected chi connectivity index (χ4v) is 4.13. The topological polar surface area (TPSA) is 145 Å². The second kappa shape index (κ2) is 9.27. The molecule has 4 rings (SSSR count). The van der Waals surface area contributed by atoms with Gasteiger partial charge in [0.2, 0.25) is 0 Å². The van der Waals surface area contributed by atoms with Crippen LogP contribution in [0.2, 0.25) is 0 Å². The molecule has 0 aliphatic rings. The number of nitrogens with one attached hydrogen (secondary N) is 2. The van der Waals surface area contributed by atoms with Crippen molar-refractivity contribution in [2.24, 2.45) is 0 Å². The van der Waals surface area contributed by atoms with E-state index < -0.39 is 27.1 Å². The van der Waals surface area contributed by atoms with Gasteiger partial charge in [-0.2, -0.15) is 17.9 Å². The molecular weight excluding hydrogens is 460 g/mol. The molecule has 34 heavy (non-hydrogen) atoms. The first-order chi connectivity index (χ1) is 16.3. The summed E-state index contributed by atoms with van der Waals surface area (Å²) in [6, 6.07) is 17.0. The molecule has 2 aromatic heterocycles. The maximum atomic E-state index is 13.1. The Morgan fingerprint density at radius 1 is 1.03 bits per heavy atom. The molecule has 2 heterocycles. The van der Waals surface area contributed by atoms with Gasteiger partial charge in [0.25, 0.3) is 26.9 Å². The minimum absolute atomic E-state index is 0.00357. The third kappa shape index (κ3) is 4.71. The van der Waals surface area contributed by atoms with E-state index in [1.165, 1.54) is 23.8 Å². The third-order valence-electron chi connectivity index (χ3n) is 4.77. The first kappa shape index (κ1) is 22.9. The summed E-state index contributed by atoms with van der Waals surface area (Å²) in [7, 11) is -3.09. The second-order valence-corrected chi connectivity index (χ2v) is 8.74. The summed E-state index contributed by atoms with van der Waals surface area (Å²) in [6.45, 7) is 1.41. The number of methoxy groups -OCH3 is 1. The van der Waals surface area contributed by atoms with Crippen LogP contribution in [-0.2, 0) is 19.6 Å². The number of ether oxygens (including phenoxy) is 1. The van der Waals surface area contributed by atoms with E-state index in [2.05, 4.69) is 29.8 Å². The average Bonchev–Trinajstić information content (AvgIpc) is 3.27. The van der Waals surface area contributed by atoms with Gasteiger partial charge < -0.3 is 10.1 Å². The van der Waals surface area contributed by atoms with Crippen molar-refractivity contribution in [3.8, 4) is 11.3 Å². The van der Waals surface area contributed by atoms with Crippen LogP contribution in [-0.4, -0.2) is 53.5 Å². The minimum atomic E-state index is -4.28. The van der Waals surface area contributed by atoms with Gasteiger partial charge in [0.05, 0.1) is 24.1 Å². The lowest BCUT2D eigenvalue weighted by molar-refractivity contribution is -0.139. The summed E-state index contributed by atoms with van der Waals surface area (Å²) in [6.07, 6.45) is 0. The van der Waals surface area contributed by atoms with Gasteiger partial charge in [0, 0.05) is 11.3 Å². The van der Waals surface area contributed by atoms with Crippen molar-refractivity contribution in [2.45, 2.75) is 12.1 Å². The fourth-order valence-electron chi connectivity index (χ4n) is 3.18. The van der Waals surface area contributed by atoms with Gasteiger partial charge in [-0.3, -0.25) is 14.3 Å². The van der Waals surface area contributed by atoms with Gasteiger partial charge >= 0.3 is 5.97 Å². The monoisotopic (exact) mass is 480 g/mol. The van der Waals surface area contributed by atoms with E-state index >= 15 is 0 Å². The van der Waals surface area contributed by atoms with E-state index in [1.807, 2.05) is 30.3 Å². The predicted molar refractivity (Wildman–Crippen MR) is 123 cm³/mol. The summed E-state index contributed by atoms with van der Waals surface area (Å²) in [5.41, 5.74) is 2.09. The predicted octanol–water partition coefficient (Wildman–Crippen LogP) is 1.80. The molecule has 11 nitrogen and oxygen atoms in total. The zero-order valence-electron chi connectivity index (χ0n) is 18.2. The van der Waals surface area contributed by atoms with Crippen molar-refractivity contribution >= 4 is 33.4 Å². The molecule has 0 spiro atoms. The Morgan fingerprint density at radius 2 is 1.74 bits per heavy atom. The molecule has 0 fully saturated rings. The Balaban J connectivity index is 1.68. The van der Waals surface area contributed by atoms with Crippen LogP contribution in [0.25, 0.3) is 17.0 Å². The molecular formula is C22H20N6O5S. The highest BCUT2D eigenvalue weighted by atomic mass is 32.2. The Hall–Kier alpha value is -4.32. The van der Waals surface area contributed by atoms with Crippen LogP contribution in [0.15, 0.2) is 65.8 Å².